The molecule has 0 bridgehead atoms. The molecule has 2 amide bonds. The number of methoxy groups -OCH3 is 1. The Morgan fingerprint density at radius 1 is 1.29 bits per heavy atom. The van der Waals surface area contributed by atoms with E-state index in [9.17, 15) is 14.4 Å². The van der Waals surface area contributed by atoms with E-state index in [1.54, 1.807) is 36.2 Å². The molecule has 0 aliphatic carbocycles. The predicted octanol–water partition coefficient (Wildman–Crippen LogP) is 0.582. The summed E-state index contributed by atoms with van der Waals surface area (Å²) >= 11 is 1.20. The van der Waals surface area contributed by atoms with Crippen LogP contribution >= 0.6 is 11.8 Å². The molecular weight excluding hydrogens is 382 g/mol. The van der Waals surface area contributed by atoms with E-state index < -0.39 is 17.1 Å². The Labute approximate surface area is 167 Å². The minimum Gasteiger partial charge on any atom is -0.469 e. The molecule has 4 N–H and O–H groups in total. The maximum atomic E-state index is 12.4. The van der Waals surface area contributed by atoms with Crippen LogP contribution in [0.5, 0.6) is 0 Å². The van der Waals surface area contributed by atoms with Gasteiger partial charge in [0.1, 0.15) is 11.1 Å². The molecule has 1 aromatic carbocycles. The van der Waals surface area contributed by atoms with Crippen molar-refractivity contribution in [1.29, 1.82) is 5.41 Å². The van der Waals surface area contributed by atoms with Crippen LogP contribution in [-0.2, 0) is 14.3 Å². The van der Waals surface area contributed by atoms with Crippen LogP contribution in [0.3, 0.4) is 0 Å². The van der Waals surface area contributed by atoms with Crippen LogP contribution in [0.2, 0.25) is 0 Å². The fraction of sp³-hybridized carbons (Fsp3) is 0.389. The molecule has 1 aliphatic heterocycles. The second-order valence-corrected chi connectivity index (χ2v) is 7.31. The van der Waals surface area contributed by atoms with Crippen molar-refractivity contribution in [3.63, 3.8) is 0 Å². The lowest BCUT2D eigenvalue weighted by atomic mass is 10.1. The standard InChI is InChI=1S/C18H23N5O4S/c1-10-14(17(26)21-9-8-13(24)27-3)28-18(23(10)2)22-16(25)12-6-4-11(5-7-12)15(19)20/h4-7,10,14H,8-9H2,1-3H3,(H3,19,20)(H,21,26). The van der Waals surface area contributed by atoms with Crippen LogP contribution in [-0.4, -0.2) is 65.7 Å². The van der Waals surface area contributed by atoms with Gasteiger partial charge in [-0.15, -0.1) is 0 Å². The number of carbonyl (C=O) groups excluding carboxylic acids is 3. The number of carbonyl (C=O) groups is 3. The smallest absolute Gasteiger partial charge is 0.307 e. The largest absolute Gasteiger partial charge is 0.469 e. The third-order valence-corrected chi connectivity index (χ3v) is 5.79. The summed E-state index contributed by atoms with van der Waals surface area (Å²) in [7, 11) is 3.06. The van der Waals surface area contributed by atoms with Gasteiger partial charge in [-0.05, 0) is 19.1 Å². The number of rotatable bonds is 6. The number of thioether (sulfide) groups is 1. The quantitative estimate of drug-likeness (QED) is 0.357. The molecule has 1 fully saturated rings. The van der Waals surface area contributed by atoms with Gasteiger partial charge in [0.25, 0.3) is 5.91 Å². The molecule has 28 heavy (non-hydrogen) atoms. The maximum absolute atomic E-state index is 12.4. The first-order valence-corrected chi connectivity index (χ1v) is 9.44. The number of hydrogen-bond acceptors (Lipinski definition) is 6. The van der Waals surface area contributed by atoms with Crippen molar-refractivity contribution >= 4 is 40.5 Å². The highest BCUT2D eigenvalue weighted by atomic mass is 32.2. The second kappa shape index (κ2) is 9.36. The number of amidine groups is 2. The van der Waals surface area contributed by atoms with Gasteiger partial charge in [-0.2, -0.15) is 4.99 Å². The van der Waals surface area contributed by atoms with Gasteiger partial charge in [0.2, 0.25) is 5.91 Å². The molecule has 150 valence electrons. The van der Waals surface area contributed by atoms with Crippen LogP contribution in [0.1, 0.15) is 29.3 Å². The Morgan fingerprint density at radius 3 is 2.46 bits per heavy atom. The van der Waals surface area contributed by atoms with Gasteiger partial charge in [-0.25, -0.2) is 0 Å². The van der Waals surface area contributed by atoms with E-state index in [-0.39, 0.29) is 30.8 Å². The third kappa shape index (κ3) is 5.10. The van der Waals surface area contributed by atoms with Gasteiger partial charge in [0.05, 0.1) is 13.5 Å². The fourth-order valence-electron chi connectivity index (χ4n) is 2.48. The summed E-state index contributed by atoms with van der Waals surface area (Å²) < 4.78 is 4.54. The van der Waals surface area contributed by atoms with Crippen LogP contribution in [0.25, 0.3) is 0 Å². The number of esters is 1. The van der Waals surface area contributed by atoms with Crippen LogP contribution in [0, 0.1) is 5.41 Å². The van der Waals surface area contributed by atoms with Crippen molar-refractivity contribution in [2.45, 2.75) is 24.6 Å². The molecule has 0 aromatic heterocycles. The molecule has 1 aromatic rings. The fourth-order valence-corrected chi connectivity index (χ4v) is 3.75. The Morgan fingerprint density at radius 2 is 1.89 bits per heavy atom. The summed E-state index contributed by atoms with van der Waals surface area (Å²) in [6.45, 7) is 2.05. The van der Waals surface area contributed by atoms with Gasteiger partial charge in [-0.1, -0.05) is 23.9 Å². The SMILES string of the molecule is COC(=O)CCNC(=O)C1SC(=NC(=O)c2ccc(C(=N)N)cc2)N(C)C1C. The van der Waals surface area contributed by atoms with E-state index in [2.05, 4.69) is 15.0 Å². The van der Waals surface area contributed by atoms with Crippen molar-refractivity contribution < 1.29 is 19.1 Å². The summed E-state index contributed by atoms with van der Waals surface area (Å²) in [6.07, 6.45) is 0.0968. The first-order valence-electron chi connectivity index (χ1n) is 8.56. The highest BCUT2D eigenvalue weighted by Crippen LogP contribution is 2.30. The van der Waals surface area contributed by atoms with E-state index in [1.807, 2.05) is 6.92 Å². The van der Waals surface area contributed by atoms with E-state index in [4.69, 9.17) is 11.1 Å². The lowest BCUT2D eigenvalue weighted by Crippen LogP contribution is -2.41. The molecule has 2 atom stereocenters. The van der Waals surface area contributed by atoms with E-state index in [0.29, 0.717) is 16.3 Å². The number of nitrogen functional groups attached to an aromatic ring is 1. The summed E-state index contributed by atoms with van der Waals surface area (Å²) in [5.41, 5.74) is 6.29. The molecule has 2 unspecified atom stereocenters. The van der Waals surface area contributed by atoms with Crippen molar-refractivity contribution in [3.05, 3.63) is 35.4 Å². The Balaban J connectivity index is 2.03. The number of hydrogen-bond donors (Lipinski definition) is 3. The van der Waals surface area contributed by atoms with Gasteiger partial charge in [-0.3, -0.25) is 19.8 Å². The minimum absolute atomic E-state index is 0.0775. The molecule has 1 heterocycles. The molecule has 10 heteroatoms. The van der Waals surface area contributed by atoms with Crippen molar-refractivity contribution in [1.82, 2.24) is 10.2 Å². The number of nitrogens with one attached hydrogen (secondary N) is 2. The van der Waals surface area contributed by atoms with E-state index in [0.717, 1.165) is 0 Å². The molecular formula is C18H23N5O4S. The highest BCUT2D eigenvalue weighted by molar-refractivity contribution is 8.15. The molecule has 2 rings (SSSR count). The Bertz CT molecular complexity index is 809. The summed E-state index contributed by atoms with van der Waals surface area (Å²) in [5, 5.41) is 10.1. The predicted molar refractivity (Wildman–Crippen MR) is 107 cm³/mol. The van der Waals surface area contributed by atoms with Crippen LogP contribution < -0.4 is 11.1 Å². The topological polar surface area (TPSA) is 138 Å². The molecule has 9 nitrogen and oxygen atoms in total. The van der Waals surface area contributed by atoms with Crippen molar-refractivity contribution in [3.8, 4) is 0 Å². The first-order chi connectivity index (χ1) is 13.2. The van der Waals surface area contributed by atoms with Gasteiger partial charge < -0.3 is 20.7 Å². The number of benzene rings is 1. The first kappa shape index (κ1) is 21.4. The average Bonchev–Trinajstić information content (AvgIpc) is 2.96. The number of ether oxygens (including phenoxy) is 1. The monoisotopic (exact) mass is 405 g/mol. The highest BCUT2D eigenvalue weighted by Gasteiger charge is 2.39. The molecule has 1 aliphatic rings. The molecule has 0 radical (unpaired) electrons. The van der Waals surface area contributed by atoms with Crippen LogP contribution in [0.15, 0.2) is 29.3 Å². The molecule has 0 spiro atoms. The zero-order valence-corrected chi connectivity index (χ0v) is 16.7. The lowest BCUT2D eigenvalue weighted by Gasteiger charge is -2.19. The van der Waals surface area contributed by atoms with Gasteiger partial charge in [0, 0.05) is 30.8 Å². The summed E-state index contributed by atoms with van der Waals surface area (Å²) in [5.74, 6) is -1.14. The maximum Gasteiger partial charge on any atom is 0.307 e. The van der Waals surface area contributed by atoms with Crippen LogP contribution in [0.4, 0.5) is 0 Å². The molecule has 1 saturated heterocycles. The van der Waals surface area contributed by atoms with Gasteiger partial charge in [0.15, 0.2) is 5.17 Å². The minimum atomic E-state index is -0.450. The van der Waals surface area contributed by atoms with Crippen molar-refractivity contribution in [2.75, 3.05) is 20.7 Å². The van der Waals surface area contributed by atoms with Crippen molar-refractivity contribution in [2.24, 2.45) is 10.7 Å². The second-order valence-electron chi connectivity index (χ2n) is 6.20. The normalized spacial score (nSPS) is 20.1. The zero-order chi connectivity index (χ0) is 20.8. The lowest BCUT2D eigenvalue weighted by molar-refractivity contribution is -0.140. The third-order valence-electron chi connectivity index (χ3n) is 4.34. The Hall–Kier alpha value is -2.88. The summed E-state index contributed by atoms with van der Waals surface area (Å²) in [4.78, 5) is 41.9. The summed E-state index contributed by atoms with van der Waals surface area (Å²) in [6, 6.07) is 6.12. The average molecular weight is 405 g/mol. The number of nitrogens with two attached hydrogens (primary N) is 1. The number of aliphatic imine (C=N–C) groups is 1. The molecule has 0 saturated carbocycles. The number of amides is 2. The van der Waals surface area contributed by atoms with E-state index in [1.165, 1.54) is 18.9 Å². The van der Waals surface area contributed by atoms with Gasteiger partial charge >= 0.3 is 5.97 Å². The Kier molecular flexibility index (Phi) is 7.16. The number of nitrogens with zero attached hydrogens (tertiary/aromatic N) is 2. The zero-order valence-electron chi connectivity index (χ0n) is 15.9. The van der Waals surface area contributed by atoms with E-state index >= 15 is 0 Å².